The number of ether oxygens (including phenoxy) is 2. The van der Waals surface area contributed by atoms with E-state index in [2.05, 4.69) is 4.98 Å². The maximum atomic E-state index is 13.7. The number of benzene rings is 4. The van der Waals surface area contributed by atoms with Crippen LogP contribution in [0.25, 0.3) is 16.0 Å². The quantitative estimate of drug-likeness (QED) is 0.122. The van der Waals surface area contributed by atoms with E-state index < -0.39 is 17.7 Å². The number of aliphatic hydroxyl groups is 1. The van der Waals surface area contributed by atoms with Crippen LogP contribution in [0.4, 0.5) is 5.13 Å². The molecule has 2 atom stereocenters. The lowest BCUT2D eigenvalue weighted by Crippen LogP contribution is -2.29. The summed E-state index contributed by atoms with van der Waals surface area (Å²) in [5.74, 6) is -0.414. The van der Waals surface area contributed by atoms with Gasteiger partial charge in [0.05, 0.1) is 21.8 Å². The minimum Gasteiger partial charge on any atom is -0.507 e. The number of carbonyl (C=O) groups excluding carboxylic acids is 2. The number of anilines is 1. The van der Waals surface area contributed by atoms with Gasteiger partial charge >= 0.3 is 5.91 Å². The zero-order valence-corrected chi connectivity index (χ0v) is 24.6. The van der Waals surface area contributed by atoms with Crippen molar-refractivity contribution in [3.8, 4) is 11.5 Å². The van der Waals surface area contributed by atoms with Gasteiger partial charge in [0.2, 0.25) is 0 Å². The molecule has 214 valence electrons. The Kier molecular flexibility index (Phi) is 6.88. The highest BCUT2D eigenvalue weighted by Gasteiger charge is 2.48. The number of aromatic nitrogens is 1. The minimum absolute atomic E-state index is 0.00726. The topological polar surface area (TPSA) is 89.0 Å². The maximum absolute atomic E-state index is 13.7. The Bertz CT molecular complexity index is 1920. The molecule has 1 aromatic heterocycles. The molecule has 0 aliphatic carbocycles. The average Bonchev–Trinajstić information content (AvgIpc) is 3.68. The van der Waals surface area contributed by atoms with Gasteiger partial charge in [0.15, 0.2) is 5.13 Å². The van der Waals surface area contributed by atoms with Crippen LogP contribution >= 0.6 is 22.9 Å². The van der Waals surface area contributed by atoms with Crippen LogP contribution in [-0.4, -0.2) is 27.9 Å². The van der Waals surface area contributed by atoms with Crippen molar-refractivity contribution < 1.29 is 24.2 Å². The fourth-order valence-electron chi connectivity index (χ4n) is 5.55. The normalized spacial score (nSPS) is 19.1. The van der Waals surface area contributed by atoms with Crippen molar-refractivity contribution in [1.29, 1.82) is 0 Å². The number of nitrogens with zero attached hydrogens (tertiary/aromatic N) is 2. The molecular formula is C34H25ClN2O5S. The molecule has 3 heterocycles. The van der Waals surface area contributed by atoms with Gasteiger partial charge in [-0.25, -0.2) is 4.98 Å². The molecule has 9 heteroatoms. The Morgan fingerprint density at radius 1 is 1.05 bits per heavy atom. The first-order chi connectivity index (χ1) is 20.9. The fraction of sp³-hybridized carbons (Fsp3) is 0.147. The predicted molar refractivity (Wildman–Crippen MR) is 167 cm³/mol. The molecule has 1 N–H and O–H groups in total. The lowest BCUT2D eigenvalue weighted by Gasteiger charge is -2.23. The van der Waals surface area contributed by atoms with Gasteiger partial charge in [-0.05, 0) is 72.1 Å². The second-order valence-corrected chi connectivity index (χ2v) is 12.0. The highest BCUT2D eigenvalue weighted by molar-refractivity contribution is 7.22. The van der Waals surface area contributed by atoms with Gasteiger partial charge in [0, 0.05) is 17.0 Å². The third-order valence-electron chi connectivity index (χ3n) is 7.60. The summed E-state index contributed by atoms with van der Waals surface area (Å²) in [5.41, 5.74) is 3.69. The summed E-state index contributed by atoms with van der Waals surface area (Å²) in [6.07, 6.45) is 0.709. The number of fused-ring (bicyclic) bond motifs is 2. The van der Waals surface area contributed by atoms with Crippen LogP contribution in [0.5, 0.6) is 11.5 Å². The van der Waals surface area contributed by atoms with Gasteiger partial charge in [-0.15, -0.1) is 0 Å². The third kappa shape index (κ3) is 5.02. The van der Waals surface area contributed by atoms with Crippen molar-refractivity contribution in [3.05, 3.63) is 124 Å². The highest BCUT2D eigenvalue weighted by Crippen LogP contribution is 2.45. The smallest absolute Gasteiger partial charge is 0.301 e. The van der Waals surface area contributed by atoms with Gasteiger partial charge < -0.3 is 14.6 Å². The standard InChI is InChI=1S/C34H25ClN2O5S/c1-19-15-23-16-22(9-14-27(23)42-19)31(38)29-30(21-7-11-25(12-8-21)41-18-20-5-3-2-4-6-20)37(33(40)32(29)39)34-36-26-13-10-24(35)17-28(26)43-34/h2-14,16-17,19,30,38H,15,18H2,1H3/t19-,30+/m0/s1. The van der Waals surface area contributed by atoms with Crippen LogP contribution in [-0.2, 0) is 22.6 Å². The molecule has 1 fully saturated rings. The summed E-state index contributed by atoms with van der Waals surface area (Å²) >= 11 is 7.47. The second kappa shape index (κ2) is 10.9. The molecule has 7 nitrogen and oxygen atoms in total. The number of aliphatic hydroxyl groups excluding tert-OH is 1. The van der Waals surface area contributed by atoms with Crippen molar-refractivity contribution in [2.24, 2.45) is 0 Å². The first-order valence-electron chi connectivity index (χ1n) is 13.8. The van der Waals surface area contributed by atoms with Gasteiger partial charge in [0.1, 0.15) is 30.0 Å². The molecule has 7 rings (SSSR count). The SMILES string of the molecule is C[C@H]1Cc2cc(C(O)=C3C(=O)C(=O)N(c4nc5ccc(Cl)cc5s4)[C@@H]3c3ccc(OCc4ccccc4)cc3)ccc2O1. The Balaban J connectivity index is 1.31. The molecule has 43 heavy (non-hydrogen) atoms. The first kappa shape index (κ1) is 27.2. The molecule has 5 aromatic rings. The summed E-state index contributed by atoms with van der Waals surface area (Å²) in [6.45, 7) is 2.37. The number of rotatable bonds is 6. The largest absolute Gasteiger partial charge is 0.507 e. The van der Waals surface area contributed by atoms with E-state index in [1.807, 2.05) is 43.3 Å². The Morgan fingerprint density at radius 2 is 1.84 bits per heavy atom. The van der Waals surface area contributed by atoms with Crippen LogP contribution in [0, 0.1) is 0 Å². The number of Topliss-reactive ketones (excluding diaryl/α,β-unsaturated/α-hetero) is 1. The Labute approximate surface area is 256 Å². The molecule has 0 unspecified atom stereocenters. The van der Waals surface area contributed by atoms with Gasteiger partial charge in [-0.1, -0.05) is 65.4 Å². The minimum atomic E-state index is -0.914. The lowest BCUT2D eigenvalue weighted by atomic mass is 9.94. The average molecular weight is 609 g/mol. The van der Waals surface area contributed by atoms with Crippen molar-refractivity contribution in [2.45, 2.75) is 32.1 Å². The fourth-order valence-corrected chi connectivity index (χ4v) is 6.81. The number of hydrogen-bond donors (Lipinski definition) is 1. The Hall–Kier alpha value is -4.66. The van der Waals surface area contributed by atoms with Crippen molar-refractivity contribution in [3.63, 3.8) is 0 Å². The van der Waals surface area contributed by atoms with E-state index >= 15 is 0 Å². The molecular weight excluding hydrogens is 584 g/mol. The first-order valence-corrected chi connectivity index (χ1v) is 15.0. The third-order valence-corrected chi connectivity index (χ3v) is 8.86. The molecule has 0 radical (unpaired) electrons. The monoisotopic (exact) mass is 608 g/mol. The summed E-state index contributed by atoms with van der Waals surface area (Å²) in [4.78, 5) is 33.4. The number of amides is 1. The lowest BCUT2D eigenvalue weighted by molar-refractivity contribution is -0.132. The number of carbonyl (C=O) groups is 2. The summed E-state index contributed by atoms with van der Waals surface area (Å²) in [5, 5.41) is 12.5. The molecule has 2 aliphatic rings. The Morgan fingerprint density at radius 3 is 2.63 bits per heavy atom. The zero-order valence-electron chi connectivity index (χ0n) is 23.0. The van der Waals surface area contributed by atoms with E-state index in [0.717, 1.165) is 21.6 Å². The van der Waals surface area contributed by atoms with Crippen LogP contribution in [0.3, 0.4) is 0 Å². The number of ketones is 1. The summed E-state index contributed by atoms with van der Waals surface area (Å²) < 4.78 is 12.6. The van der Waals surface area contributed by atoms with Crippen molar-refractivity contribution >= 4 is 55.7 Å². The summed E-state index contributed by atoms with van der Waals surface area (Å²) in [6, 6.07) is 26.7. The summed E-state index contributed by atoms with van der Waals surface area (Å²) in [7, 11) is 0. The number of halogens is 1. The molecule has 4 aromatic carbocycles. The predicted octanol–water partition coefficient (Wildman–Crippen LogP) is 7.48. The van der Waals surface area contributed by atoms with E-state index in [4.69, 9.17) is 21.1 Å². The van der Waals surface area contributed by atoms with E-state index in [1.165, 1.54) is 16.2 Å². The molecule has 0 saturated carbocycles. The van der Waals surface area contributed by atoms with E-state index in [1.54, 1.807) is 54.6 Å². The van der Waals surface area contributed by atoms with Crippen LogP contribution in [0.15, 0.2) is 96.6 Å². The van der Waals surface area contributed by atoms with Gasteiger partial charge in [-0.2, -0.15) is 0 Å². The zero-order chi connectivity index (χ0) is 29.7. The van der Waals surface area contributed by atoms with Crippen molar-refractivity contribution in [2.75, 3.05) is 4.90 Å². The highest BCUT2D eigenvalue weighted by atomic mass is 35.5. The van der Waals surface area contributed by atoms with E-state index in [9.17, 15) is 14.7 Å². The van der Waals surface area contributed by atoms with E-state index in [0.29, 0.717) is 45.6 Å². The van der Waals surface area contributed by atoms with Crippen LogP contribution in [0.1, 0.15) is 35.2 Å². The van der Waals surface area contributed by atoms with Gasteiger partial charge in [-0.3, -0.25) is 14.5 Å². The number of hydrogen-bond acceptors (Lipinski definition) is 7. The molecule has 1 saturated heterocycles. The molecule has 0 spiro atoms. The van der Waals surface area contributed by atoms with Crippen molar-refractivity contribution in [1.82, 2.24) is 4.98 Å². The molecule has 2 aliphatic heterocycles. The maximum Gasteiger partial charge on any atom is 0.301 e. The second-order valence-electron chi connectivity index (χ2n) is 10.6. The van der Waals surface area contributed by atoms with Crippen LogP contribution < -0.4 is 14.4 Å². The van der Waals surface area contributed by atoms with Crippen LogP contribution in [0.2, 0.25) is 5.02 Å². The molecule has 0 bridgehead atoms. The molecule has 1 amide bonds. The van der Waals surface area contributed by atoms with E-state index in [-0.39, 0.29) is 17.4 Å². The number of thiazole rings is 1. The van der Waals surface area contributed by atoms with Gasteiger partial charge in [0.25, 0.3) is 5.78 Å².